The van der Waals surface area contributed by atoms with Crippen LogP contribution in [0.3, 0.4) is 0 Å². The highest BCUT2D eigenvalue weighted by Crippen LogP contribution is 2.40. The SMILES string of the molecule is Cc1nc(CC2(C(C)(C)C)CCCN2)sc1C. The first-order chi connectivity index (χ1) is 7.84. The highest BCUT2D eigenvalue weighted by Gasteiger charge is 2.44. The van der Waals surface area contributed by atoms with Gasteiger partial charge in [-0.3, -0.25) is 0 Å². The Bertz CT molecular complexity index is 375. The van der Waals surface area contributed by atoms with Gasteiger partial charge in [0, 0.05) is 16.8 Å². The summed E-state index contributed by atoms with van der Waals surface area (Å²) >= 11 is 1.86. The molecule has 1 fully saturated rings. The standard InChI is InChI=1S/C14H24N2S/c1-10-11(2)17-12(16-10)9-14(13(3,4)5)7-6-8-15-14/h15H,6-9H2,1-5H3. The van der Waals surface area contributed by atoms with Gasteiger partial charge in [-0.15, -0.1) is 11.3 Å². The average Bonchev–Trinajstić information content (AvgIpc) is 2.76. The van der Waals surface area contributed by atoms with Gasteiger partial charge in [-0.25, -0.2) is 4.98 Å². The first-order valence-corrected chi connectivity index (χ1v) is 7.34. The molecular formula is C14H24N2S. The predicted molar refractivity (Wildman–Crippen MR) is 74.7 cm³/mol. The number of nitrogens with zero attached hydrogens (tertiary/aromatic N) is 1. The van der Waals surface area contributed by atoms with Crippen molar-refractivity contribution in [2.75, 3.05) is 6.54 Å². The van der Waals surface area contributed by atoms with Crippen molar-refractivity contribution in [2.45, 2.75) is 59.4 Å². The van der Waals surface area contributed by atoms with Crippen molar-refractivity contribution < 1.29 is 0 Å². The summed E-state index contributed by atoms with van der Waals surface area (Å²) in [7, 11) is 0. The van der Waals surface area contributed by atoms with Gasteiger partial charge in [-0.05, 0) is 38.6 Å². The Labute approximate surface area is 109 Å². The van der Waals surface area contributed by atoms with Gasteiger partial charge in [0.25, 0.3) is 0 Å². The van der Waals surface area contributed by atoms with Crippen LogP contribution in [0.25, 0.3) is 0 Å². The largest absolute Gasteiger partial charge is 0.310 e. The third-order valence-electron chi connectivity index (χ3n) is 4.21. The smallest absolute Gasteiger partial charge is 0.0949 e. The molecule has 1 aromatic rings. The summed E-state index contributed by atoms with van der Waals surface area (Å²) in [4.78, 5) is 6.07. The van der Waals surface area contributed by atoms with Gasteiger partial charge < -0.3 is 5.32 Å². The molecule has 0 aromatic carbocycles. The van der Waals surface area contributed by atoms with Crippen molar-refractivity contribution in [1.82, 2.24) is 10.3 Å². The first kappa shape index (κ1) is 13.0. The van der Waals surface area contributed by atoms with E-state index in [1.165, 1.54) is 28.4 Å². The summed E-state index contributed by atoms with van der Waals surface area (Å²) in [6, 6.07) is 0. The number of thiazole rings is 1. The maximum Gasteiger partial charge on any atom is 0.0949 e. The van der Waals surface area contributed by atoms with Crippen LogP contribution in [0.2, 0.25) is 0 Å². The monoisotopic (exact) mass is 252 g/mol. The molecule has 3 heteroatoms. The van der Waals surface area contributed by atoms with Crippen LogP contribution >= 0.6 is 11.3 Å². The van der Waals surface area contributed by atoms with E-state index in [-0.39, 0.29) is 11.0 Å². The molecule has 0 radical (unpaired) electrons. The molecule has 1 unspecified atom stereocenters. The molecule has 2 nitrogen and oxygen atoms in total. The topological polar surface area (TPSA) is 24.9 Å². The molecule has 0 bridgehead atoms. The minimum absolute atomic E-state index is 0.240. The molecule has 0 amide bonds. The molecule has 2 heterocycles. The van der Waals surface area contributed by atoms with E-state index in [0.717, 1.165) is 13.0 Å². The van der Waals surface area contributed by atoms with Gasteiger partial charge in [0.05, 0.1) is 10.7 Å². The molecule has 1 atom stereocenters. The Kier molecular flexibility index (Phi) is 3.34. The number of aromatic nitrogens is 1. The quantitative estimate of drug-likeness (QED) is 0.872. The van der Waals surface area contributed by atoms with Crippen molar-refractivity contribution >= 4 is 11.3 Å². The third-order valence-corrected chi connectivity index (χ3v) is 5.28. The summed E-state index contributed by atoms with van der Waals surface area (Å²) in [5, 5.41) is 5.05. The Morgan fingerprint density at radius 1 is 1.35 bits per heavy atom. The van der Waals surface area contributed by atoms with Crippen molar-refractivity contribution in [1.29, 1.82) is 0 Å². The lowest BCUT2D eigenvalue weighted by Gasteiger charge is -2.42. The van der Waals surface area contributed by atoms with Crippen molar-refractivity contribution in [2.24, 2.45) is 5.41 Å². The van der Waals surface area contributed by atoms with Crippen LogP contribution in [0.5, 0.6) is 0 Å². The molecule has 1 aliphatic heterocycles. The zero-order valence-corrected chi connectivity index (χ0v) is 12.5. The van der Waals surface area contributed by atoms with E-state index in [9.17, 15) is 0 Å². The van der Waals surface area contributed by atoms with Crippen molar-refractivity contribution in [3.05, 3.63) is 15.6 Å². The molecule has 0 spiro atoms. The van der Waals surface area contributed by atoms with Crippen molar-refractivity contribution in [3.63, 3.8) is 0 Å². The van der Waals surface area contributed by atoms with Crippen LogP contribution in [0.4, 0.5) is 0 Å². The average molecular weight is 252 g/mol. The maximum atomic E-state index is 4.71. The van der Waals surface area contributed by atoms with E-state index >= 15 is 0 Å². The molecule has 0 aliphatic carbocycles. The molecule has 1 aromatic heterocycles. The molecule has 17 heavy (non-hydrogen) atoms. The molecule has 0 saturated carbocycles. The van der Waals surface area contributed by atoms with Crippen molar-refractivity contribution in [3.8, 4) is 0 Å². The van der Waals surface area contributed by atoms with E-state index in [1.807, 2.05) is 11.3 Å². The normalized spacial score (nSPS) is 25.5. The van der Waals surface area contributed by atoms with Gasteiger partial charge in [0.1, 0.15) is 0 Å². The third kappa shape index (κ3) is 2.41. The van der Waals surface area contributed by atoms with Gasteiger partial charge >= 0.3 is 0 Å². The number of hydrogen-bond acceptors (Lipinski definition) is 3. The summed E-state index contributed by atoms with van der Waals surface area (Å²) in [5.74, 6) is 0. The summed E-state index contributed by atoms with van der Waals surface area (Å²) in [6.07, 6.45) is 3.64. The summed E-state index contributed by atoms with van der Waals surface area (Å²) in [6.45, 7) is 12.5. The predicted octanol–water partition coefficient (Wildman–Crippen LogP) is 3.47. The number of rotatable bonds is 2. The Morgan fingerprint density at radius 2 is 2.06 bits per heavy atom. The lowest BCUT2D eigenvalue weighted by atomic mass is 9.71. The van der Waals surface area contributed by atoms with Crippen LogP contribution in [0, 0.1) is 19.3 Å². The zero-order valence-electron chi connectivity index (χ0n) is 11.7. The Morgan fingerprint density at radius 3 is 2.47 bits per heavy atom. The Balaban J connectivity index is 2.24. The van der Waals surface area contributed by atoms with E-state index in [4.69, 9.17) is 4.98 Å². The Hall–Kier alpha value is -0.410. The lowest BCUT2D eigenvalue weighted by molar-refractivity contribution is 0.159. The van der Waals surface area contributed by atoms with Crippen LogP contribution in [-0.2, 0) is 6.42 Å². The molecule has 2 rings (SSSR count). The second-order valence-corrected chi connectivity index (χ2v) is 7.58. The molecule has 1 saturated heterocycles. The fourth-order valence-electron chi connectivity index (χ4n) is 2.74. The van der Waals surface area contributed by atoms with Gasteiger partial charge in [0.15, 0.2) is 0 Å². The summed E-state index contributed by atoms with van der Waals surface area (Å²) < 4.78 is 0. The van der Waals surface area contributed by atoms with Crippen LogP contribution < -0.4 is 5.32 Å². The van der Waals surface area contributed by atoms with Gasteiger partial charge in [0.2, 0.25) is 0 Å². The maximum absolute atomic E-state index is 4.71. The molecule has 96 valence electrons. The first-order valence-electron chi connectivity index (χ1n) is 6.52. The minimum Gasteiger partial charge on any atom is -0.310 e. The minimum atomic E-state index is 0.240. The zero-order chi connectivity index (χ0) is 12.7. The van der Waals surface area contributed by atoms with Crippen LogP contribution in [0.1, 0.15) is 49.2 Å². The molecule has 1 N–H and O–H groups in total. The van der Waals surface area contributed by atoms with Gasteiger partial charge in [-0.1, -0.05) is 20.8 Å². The lowest BCUT2D eigenvalue weighted by Crippen LogP contribution is -2.52. The number of hydrogen-bond donors (Lipinski definition) is 1. The fraction of sp³-hybridized carbons (Fsp3) is 0.786. The molecule has 1 aliphatic rings. The second kappa shape index (κ2) is 4.36. The van der Waals surface area contributed by atoms with Crippen LogP contribution in [0.15, 0.2) is 0 Å². The van der Waals surface area contributed by atoms with E-state index in [1.54, 1.807) is 0 Å². The fourth-order valence-corrected chi connectivity index (χ4v) is 3.78. The van der Waals surface area contributed by atoms with Gasteiger partial charge in [-0.2, -0.15) is 0 Å². The summed E-state index contributed by atoms with van der Waals surface area (Å²) in [5.41, 5.74) is 1.73. The number of aryl methyl sites for hydroxylation is 2. The molecular weight excluding hydrogens is 228 g/mol. The highest BCUT2D eigenvalue weighted by molar-refractivity contribution is 7.11. The van der Waals surface area contributed by atoms with Crippen LogP contribution in [-0.4, -0.2) is 17.1 Å². The van der Waals surface area contributed by atoms with E-state index in [2.05, 4.69) is 39.9 Å². The van der Waals surface area contributed by atoms with E-state index < -0.39 is 0 Å². The second-order valence-electron chi connectivity index (χ2n) is 6.29. The number of nitrogens with one attached hydrogen (secondary N) is 1. The van der Waals surface area contributed by atoms with E-state index in [0.29, 0.717) is 0 Å². The highest BCUT2D eigenvalue weighted by atomic mass is 32.1.